The number of carbonyl (C=O) groups is 1. The summed E-state index contributed by atoms with van der Waals surface area (Å²) in [7, 11) is 0. The molecule has 5 heteroatoms. The first-order valence-corrected chi connectivity index (χ1v) is 5.31. The number of nitrogens with zero attached hydrogens (tertiary/aromatic N) is 1. The number of hydrogen-bond acceptors (Lipinski definition) is 3. The van der Waals surface area contributed by atoms with Crippen LogP contribution >= 0.6 is 12.6 Å². The van der Waals surface area contributed by atoms with Gasteiger partial charge in [0.05, 0.1) is 0 Å². The lowest BCUT2D eigenvalue weighted by Crippen LogP contribution is -2.34. The van der Waals surface area contributed by atoms with E-state index >= 15 is 0 Å². The maximum atomic E-state index is 11.4. The number of aromatic nitrogens is 1. The van der Waals surface area contributed by atoms with E-state index in [0.717, 1.165) is 12.8 Å². The predicted molar refractivity (Wildman–Crippen MR) is 60.8 cm³/mol. The summed E-state index contributed by atoms with van der Waals surface area (Å²) in [5.74, 6) is 0.0870. The fraction of sp³-hybridized carbons (Fsp3) is 0.400. The summed E-state index contributed by atoms with van der Waals surface area (Å²) in [5, 5.41) is 14.2. The zero-order valence-electron chi connectivity index (χ0n) is 8.56. The molecule has 1 N–H and O–H groups in total. The molecule has 0 fully saturated rings. The second kappa shape index (κ2) is 5.60. The van der Waals surface area contributed by atoms with Gasteiger partial charge in [0, 0.05) is 12.5 Å². The third kappa shape index (κ3) is 3.43. The molecule has 1 aromatic heterocycles. The van der Waals surface area contributed by atoms with Gasteiger partial charge in [-0.3, -0.25) is 0 Å². The number of unbranched alkanes of at least 4 members (excludes halogenated alkanes) is 1. The molecule has 0 aromatic carbocycles. The molecule has 0 unspecified atom stereocenters. The van der Waals surface area contributed by atoms with Gasteiger partial charge in [0.1, 0.15) is 0 Å². The summed E-state index contributed by atoms with van der Waals surface area (Å²) in [6.45, 7) is 2.01. The van der Waals surface area contributed by atoms with Gasteiger partial charge >= 0.3 is 5.91 Å². The van der Waals surface area contributed by atoms with E-state index in [1.54, 1.807) is 18.2 Å². The standard InChI is InChI=1S/C10H14N2O2S/c1-2-3-6-9(13)11-8-5-4-7-10(15)12(8)14/h4-5,7,15H,2-3,6H2,1H3,(H,11,13). The van der Waals surface area contributed by atoms with Crippen molar-refractivity contribution in [2.75, 3.05) is 5.32 Å². The topological polar surface area (TPSA) is 56.0 Å². The molecule has 1 aromatic rings. The molecule has 0 saturated heterocycles. The fourth-order valence-corrected chi connectivity index (χ4v) is 1.31. The van der Waals surface area contributed by atoms with Crippen LogP contribution in [0.25, 0.3) is 0 Å². The summed E-state index contributed by atoms with van der Waals surface area (Å²) in [6, 6.07) is 4.79. The third-order valence-electron chi connectivity index (χ3n) is 1.95. The lowest BCUT2D eigenvalue weighted by Gasteiger charge is -2.09. The molecular formula is C10H14N2O2S. The average molecular weight is 226 g/mol. The lowest BCUT2D eigenvalue weighted by molar-refractivity contribution is -0.630. The van der Waals surface area contributed by atoms with E-state index in [9.17, 15) is 10.0 Å². The Bertz CT molecular complexity index is 355. The first-order chi connectivity index (χ1) is 7.15. The number of nitrogens with one attached hydrogen (secondary N) is 1. The first kappa shape index (κ1) is 11.8. The summed E-state index contributed by atoms with van der Waals surface area (Å²) in [4.78, 5) is 11.3. The largest absolute Gasteiger partial charge is 0.710 e. The minimum atomic E-state index is -0.139. The van der Waals surface area contributed by atoms with Crippen LogP contribution in [-0.2, 0) is 4.79 Å². The number of hydrogen-bond donors (Lipinski definition) is 2. The molecule has 0 atom stereocenters. The Hall–Kier alpha value is -1.23. The van der Waals surface area contributed by atoms with Gasteiger partial charge in [-0.05, 0) is 18.6 Å². The van der Waals surface area contributed by atoms with Crippen molar-refractivity contribution >= 4 is 24.4 Å². The van der Waals surface area contributed by atoms with E-state index in [0.29, 0.717) is 11.2 Å². The number of thiol groups is 1. The van der Waals surface area contributed by atoms with Gasteiger partial charge in [-0.15, -0.1) is 12.6 Å². The Morgan fingerprint density at radius 2 is 2.33 bits per heavy atom. The van der Waals surface area contributed by atoms with Crippen LogP contribution in [-0.4, -0.2) is 5.91 Å². The Morgan fingerprint density at radius 3 is 3.00 bits per heavy atom. The molecule has 0 spiro atoms. The summed E-state index contributed by atoms with van der Waals surface area (Å²) in [5.41, 5.74) is 0. The molecular weight excluding hydrogens is 212 g/mol. The van der Waals surface area contributed by atoms with E-state index in [2.05, 4.69) is 17.9 Å². The van der Waals surface area contributed by atoms with Crippen molar-refractivity contribution in [1.82, 2.24) is 0 Å². The Labute approximate surface area is 94.3 Å². The van der Waals surface area contributed by atoms with Crippen molar-refractivity contribution in [2.45, 2.75) is 31.2 Å². The SMILES string of the molecule is CCCCC(=O)Nc1cccc(S)[n+]1[O-]. The second-order valence-electron chi connectivity index (χ2n) is 3.22. The molecule has 0 saturated carbocycles. The van der Waals surface area contributed by atoms with Gasteiger partial charge in [0.25, 0.3) is 5.82 Å². The molecule has 0 aliphatic carbocycles. The molecule has 0 bridgehead atoms. The highest BCUT2D eigenvalue weighted by atomic mass is 32.1. The average Bonchev–Trinajstić information content (AvgIpc) is 2.22. The molecule has 15 heavy (non-hydrogen) atoms. The van der Waals surface area contributed by atoms with Crippen LogP contribution in [0, 0.1) is 5.21 Å². The van der Waals surface area contributed by atoms with Crippen molar-refractivity contribution in [1.29, 1.82) is 0 Å². The van der Waals surface area contributed by atoms with Gasteiger partial charge in [0.2, 0.25) is 0 Å². The molecule has 1 amide bonds. The minimum Gasteiger partial charge on any atom is -0.710 e. The molecule has 0 aliphatic heterocycles. The van der Waals surface area contributed by atoms with Crippen LogP contribution in [0.5, 0.6) is 0 Å². The highest BCUT2D eigenvalue weighted by molar-refractivity contribution is 7.80. The van der Waals surface area contributed by atoms with E-state index < -0.39 is 0 Å². The van der Waals surface area contributed by atoms with Crippen LogP contribution in [0.3, 0.4) is 0 Å². The van der Waals surface area contributed by atoms with Crippen LogP contribution in [0.2, 0.25) is 0 Å². The summed E-state index contributed by atoms with van der Waals surface area (Å²) in [6.07, 6.45) is 2.22. The van der Waals surface area contributed by atoms with Crippen molar-refractivity contribution in [3.05, 3.63) is 23.4 Å². The molecule has 0 radical (unpaired) electrons. The number of pyridine rings is 1. The Kier molecular flexibility index (Phi) is 4.42. The zero-order chi connectivity index (χ0) is 11.3. The van der Waals surface area contributed by atoms with Crippen LogP contribution < -0.4 is 10.0 Å². The highest BCUT2D eigenvalue weighted by Crippen LogP contribution is 2.06. The van der Waals surface area contributed by atoms with Crippen molar-refractivity contribution in [3.8, 4) is 0 Å². The van der Waals surface area contributed by atoms with E-state index in [-0.39, 0.29) is 16.8 Å². The van der Waals surface area contributed by atoms with Crippen molar-refractivity contribution < 1.29 is 9.52 Å². The van der Waals surface area contributed by atoms with E-state index in [1.807, 2.05) is 6.92 Å². The van der Waals surface area contributed by atoms with Crippen LogP contribution in [0.1, 0.15) is 26.2 Å². The van der Waals surface area contributed by atoms with Gasteiger partial charge in [0.15, 0.2) is 5.03 Å². The molecule has 82 valence electrons. The smallest absolute Gasteiger partial charge is 0.307 e. The fourth-order valence-electron chi connectivity index (χ4n) is 1.12. The quantitative estimate of drug-likeness (QED) is 0.467. The second-order valence-corrected chi connectivity index (χ2v) is 3.67. The Morgan fingerprint density at radius 1 is 1.60 bits per heavy atom. The molecule has 0 aliphatic rings. The maximum absolute atomic E-state index is 11.4. The predicted octanol–water partition coefficient (Wildman–Crippen LogP) is 1.74. The van der Waals surface area contributed by atoms with Gasteiger partial charge in [-0.2, -0.15) is 0 Å². The van der Waals surface area contributed by atoms with E-state index in [4.69, 9.17) is 0 Å². The van der Waals surface area contributed by atoms with Gasteiger partial charge in [-0.25, -0.2) is 14.8 Å². The van der Waals surface area contributed by atoms with Crippen LogP contribution in [0.4, 0.5) is 5.82 Å². The number of amides is 1. The molecule has 1 rings (SSSR count). The number of rotatable bonds is 4. The van der Waals surface area contributed by atoms with Crippen molar-refractivity contribution in [2.24, 2.45) is 0 Å². The Balaban J connectivity index is 2.64. The first-order valence-electron chi connectivity index (χ1n) is 4.86. The monoisotopic (exact) mass is 226 g/mol. The van der Waals surface area contributed by atoms with E-state index in [1.165, 1.54) is 0 Å². The highest BCUT2D eigenvalue weighted by Gasteiger charge is 2.11. The third-order valence-corrected chi connectivity index (χ3v) is 2.28. The summed E-state index contributed by atoms with van der Waals surface area (Å²) >= 11 is 3.96. The van der Waals surface area contributed by atoms with Crippen molar-refractivity contribution in [3.63, 3.8) is 0 Å². The molecule has 1 heterocycles. The van der Waals surface area contributed by atoms with Gasteiger partial charge in [-0.1, -0.05) is 13.3 Å². The van der Waals surface area contributed by atoms with Crippen LogP contribution in [0.15, 0.2) is 23.2 Å². The minimum absolute atomic E-state index is 0.139. The normalized spacial score (nSPS) is 10.0. The zero-order valence-corrected chi connectivity index (χ0v) is 9.46. The lowest BCUT2D eigenvalue weighted by atomic mass is 10.2. The summed E-state index contributed by atoms with van der Waals surface area (Å²) < 4.78 is 0.590. The number of anilines is 1. The maximum Gasteiger partial charge on any atom is 0.307 e. The van der Waals surface area contributed by atoms with Gasteiger partial charge < -0.3 is 5.21 Å². The molecule has 4 nitrogen and oxygen atoms in total. The number of carbonyl (C=O) groups excluding carboxylic acids is 1.